The number of urea groups is 1. The van der Waals surface area contributed by atoms with Crippen molar-refractivity contribution in [3.05, 3.63) is 29.8 Å². The number of hydrogen-bond acceptors (Lipinski definition) is 3. The van der Waals surface area contributed by atoms with E-state index in [0.717, 1.165) is 25.1 Å². The Labute approximate surface area is 138 Å². The number of anilines is 1. The van der Waals surface area contributed by atoms with Gasteiger partial charge in [0, 0.05) is 30.6 Å². The normalized spacial score (nSPS) is 21.1. The van der Waals surface area contributed by atoms with Crippen molar-refractivity contribution < 1.29 is 4.79 Å². The van der Waals surface area contributed by atoms with Gasteiger partial charge in [0.25, 0.3) is 0 Å². The average molecular weight is 321 g/mol. The van der Waals surface area contributed by atoms with Crippen LogP contribution in [0.1, 0.15) is 24.8 Å². The second-order valence-electron chi connectivity index (χ2n) is 6.30. The molecule has 1 aromatic rings. The summed E-state index contributed by atoms with van der Waals surface area (Å²) in [5, 5.41) is 3.72. The molecule has 5 heteroatoms. The maximum absolute atomic E-state index is 12.4. The van der Waals surface area contributed by atoms with Gasteiger partial charge in [-0.2, -0.15) is 11.8 Å². The van der Waals surface area contributed by atoms with Gasteiger partial charge in [0.05, 0.1) is 0 Å². The molecule has 1 aliphatic carbocycles. The maximum Gasteiger partial charge on any atom is 0.321 e. The van der Waals surface area contributed by atoms with Crippen molar-refractivity contribution in [1.82, 2.24) is 9.80 Å². The van der Waals surface area contributed by atoms with E-state index < -0.39 is 0 Å². The fraction of sp³-hybridized carbons (Fsp3) is 0.588. The fourth-order valence-corrected chi connectivity index (χ4v) is 3.76. The van der Waals surface area contributed by atoms with Gasteiger partial charge < -0.3 is 15.1 Å². The zero-order valence-corrected chi connectivity index (χ0v) is 14.8. The number of benzene rings is 1. The molecule has 1 fully saturated rings. The first-order valence-electron chi connectivity index (χ1n) is 7.80. The van der Waals surface area contributed by atoms with E-state index in [0.29, 0.717) is 11.3 Å². The van der Waals surface area contributed by atoms with E-state index in [4.69, 9.17) is 0 Å². The smallest absolute Gasteiger partial charge is 0.321 e. The molecule has 4 nitrogen and oxygen atoms in total. The molecule has 0 bridgehead atoms. The number of rotatable bonds is 5. The van der Waals surface area contributed by atoms with Crippen molar-refractivity contribution in [2.24, 2.45) is 0 Å². The van der Waals surface area contributed by atoms with Gasteiger partial charge in [-0.1, -0.05) is 12.1 Å². The molecule has 0 heterocycles. The third kappa shape index (κ3) is 4.65. The number of amides is 2. The molecule has 2 atom stereocenters. The van der Waals surface area contributed by atoms with E-state index in [1.165, 1.54) is 12.0 Å². The summed E-state index contributed by atoms with van der Waals surface area (Å²) < 4.78 is 0. The quantitative estimate of drug-likeness (QED) is 0.901. The molecule has 2 rings (SSSR count). The molecule has 0 radical (unpaired) electrons. The van der Waals surface area contributed by atoms with Crippen LogP contribution in [-0.2, 0) is 6.54 Å². The van der Waals surface area contributed by atoms with E-state index in [1.54, 1.807) is 0 Å². The molecule has 0 spiro atoms. The highest BCUT2D eigenvalue weighted by Crippen LogP contribution is 2.31. The lowest BCUT2D eigenvalue weighted by atomic mass is 10.2. The first kappa shape index (κ1) is 17.2. The topological polar surface area (TPSA) is 35.6 Å². The van der Waals surface area contributed by atoms with Gasteiger partial charge in [-0.3, -0.25) is 0 Å². The van der Waals surface area contributed by atoms with Crippen LogP contribution in [0.5, 0.6) is 0 Å². The van der Waals surface area contributed by atoms with Crippen molar-refractivity contribution >= 4 is 23.5 Å². The van der Waals surface area contributed by atoms with Gasteiger partial charge in [-0.15, -0.1) is 0 Å². The standard InChI is InChI=1S/C17H27N3OS/c1-19(2)12-13-6-5-7-14(10-13)18-17(21)20(3)15-8-9-16(11-15)22-4/h5-7,10,15-16H,8-9,11-12H2,1-4H3,(H,18,21)/t15-,16-/m1/s1. The molecule has 0 unspecified atom stereocenters. The zero-order valence-electron chi connectivity index (χ0n) is 14.0. The van der Waals surface area contributed by atoms with E-state index in [1.807, 2.05) is 56.0 Å². The summed E-state index contributed by atoms with van der Waals surface area (Å²) in [7, 11) is 5.99. The molecule has 2 amide bonds. The summed E-state index contributed by atoms with van der Waals surface area (Å²) >= 11 is 1.91. The summed E-state index contributed by atoms with van der Waals surface area (Å²) in [6.07, 6.45) is 5.58. The third-order valence-electron chi connectivity index (χ3n) is 4.24. The SMILES string of the molecule is CS[C@@H]1CC[C@@H](N(C)C(=O)Nc2cccc(CN(C)C)c2)C1. The first-order valence-corrected chi connectivity index (χ1v) is 9.08. The van der Waals surface area contributed by atoms with Crippen LogP contribution in [0.25, 0.3) is 0 Å². The number of carbonyl (C=O) groups is 1. The van der Waals surface area contributed by atoms with Crippen LogP contribution in [-0.4, -0.2) is 54.5 Å². The van der Waals surface area contributed by atoms with Crippen molar-refractivity contribution in [3.63, 3.8) is 0 Å². The molecule has 1 saturated carbocycles. The number of nitrogens with zero attached hydrogens (tertiary/aromatic N) is 2. The molecule has 122 valence electrons. The van der Waals surface area contributed by atoms with E-state index >= 15 is 0 Å². The minimum absolute atomic E-state index is 0.00578. The van der Waals surface area contributed by atoms with Gasteiger partial charge in [0.2, 0.25) is 0 Å². The average Bonchev–Trinajstić information content (AvgIpc) is 2.95. The summed E-state index contributed by atoms with van der Waals surface area (Å²) in [5.41, 5.74) is 2.07. The second-order valence-corrected chi connectivity index (χ2v) is 7.44. The second kappa shape index (κ2) is 7.88. The molecule has 0 aliphatic heterocycles. The Hall–Kier alpha value is -1.20. The number of nitrogens with one attached hydrogen (secondary N) is 1. The molecule has 1 N–H and O–H groups in total. The number of thioether (sulfide) groups is 1. The number of carbonyl (C=O) groups excluding carboxylic acids is 1. The van der Waals surface area contributed by atoms with Crippen LogP contribution < -0.4 is 5.32 Å². The Bertz CT molecular complexity index is 506. The van der Waals surface area contributed by atoms with E-state index in [9.17, 15) is 4.79 Å². The lowest BCUT2D eigenvalue weighted by Crippen LogP contribution is -2.38. The third-order valence-corrected chi connectivity index (χ3v) is 5.33. The molecule has 0 saturated heterocycles. The minimum atomic E-state index is -0.00578. The summed E-state index contributed by atoms with van der Waals surface area (Å²) in [5.74, 6) is 0. The van der Waals surface area contributed by atoms with Crippen molar-refractivity contribution in [1.29, 1.82) is 0 Å². The highest BCUT2D eigenvalue weighted by molar-refractivity contribution is 7.99. The van der Waals surface area contributed by atoms with Gasteiger partial charge in [0.15, 0.2) is 0 Å². The molecule has 22 heavy (non-hydrogen) atoms. The first-order chi connectivity index (χ1) is 10.5. The highest BCUT2D eigenvalue weighted by atomic mass is 32.2. The van der Waals surface area contributed by atoms with Crippen LogP contribution in [0.4, 0.5) is 10.5 Å². The van der Waals surface area contributed by atoms with Crippen molar-refractivity contribution in [2.45, 2.75) is 37.1 Å². The Morgan fingerprint density at radius 2 is 2.09 bits per heavy atom. The predicted molar refractivity (Wildman–Crippen MR) is 95.6 cm³/mol. The molecule has 0 aromatic heterocycles. The Kier molecular flexibility index (Phi) is 6.15. The Balaban J connectivity index is 1.94. The van der Waals surface area contributed by atoms with Crippen LogP contribution >= 0.6 is 11.8 Å². The van der Waals surface area contributed by atoms with Gasteiger partial charge in [-0.05, 0) is 57.3 Å². The van der Waals surface area contributed by atoms with E-state index in [-0.39, 0.29) is 6.03 Å². The van der Waals surface area contributed by atoms with Gasteiger partial charge in [-0.25, -0.2) is 4.79 Å². The van der Waals surface area contributed by atoms with Crippen molar-refractivity contribution in [2.75, 3.05) is 32.7 Å². The van der Waals surface area contributed by atoms with Crippen LogP contribution in [0.2, 0.25) is 0 Å². The lowest BCUT2D eigenvalue weighted by Gasteiger charge is -2.25. The molecule has 1 aliphatic rings. The molecule has 1 aromatic carbocycles. The maximum atomic E-state index is 12.4. The Morgan fingerprint density at radius 3 is 2.73 bits per heavy atom. The van der Waals surface area contributed by atoms with Crippen LogP contribution in [0.15, 0.2) is 24.3 Å². The molecular weight excluding hydrogens is 294 g/mol. The molecular formula is C17H27N3OS. The largest absolute Gasteiger partial charge is 0.325 e. The summed E-state index contributed by atoms with van der Waals surface area (Å²) in [6.45, 7) is 0.873. The zero-order chi connectivity index (χ0) is 16.1. The lowest BCUT2D eigenvalue weighted by molar-refractivity contribution is 0.205. The fourth-order valence-electron chi connectivity index (χ4n) is 2.97. The van der Waals surface area contributed by atoms with Crippen molar-refractivity contribution in [3.8, 4) is 0 Å². The Morgan fingerprint density at radius 1 is 1.32 bits per heavy atom. The summed E-state index contributed by atoms with van der Waals surface area (Å²) in [6, 6.07) is 8.43. The van der Waals surface area contributed by atoms with Crippen LogP contribution in [0, 0.1) is 0 Å². The van der Waals surface area contributed by atoms with Gasteiger partial charge >= 0.3 is 6.03 Å². The predicted octanol–water partition coefficient (Wildman–Crippen LogP) is 3.50. The summed E-state index contributed by atoms with van der Waals surface area (Å²) in [4.78, 5) is 16.4. The monoisotopic (exact) mass is 321 g/mol. The van der Waals surface area contributed by atoms with E-state index in [2.05, 4.69) is 22.5 Å². The minimum Gasteiger partial charge on any atom is -0.325 e. The van der Waals surface area contributed by atoms with Gasteiger partial charge in [0.1, 0.15) is 0 Å². The number of hydrogen-bond donors (Lipinski definition) is 1. The highest BCUT2D eigenvalue weighted by Gasteiger charge is 2.29. The van der Waals surface area contributed by atoms with Crippen LogP contribution in [0.3, 0.4) is 0 Å².